The lowest BCUT2D eigenvalue weighted by Crippen LogP contribution is -2.61. The summed E-state index contributed by atoms with van der Waals surface area (Å²) >= 11 is 0. The molecule has 3 aliphatic heterocycles. The third-order valence-corrected chi connectivity index (χ3v) is 10.7. The molecule has 7 rings (SSSR count). The summed E-state index contributed by atoms with van der Waals surface area (Å²) in [4.78, 5) is 27.0. The van der Waals surface area contributed by atoms with Crippen molar-refractivity contribution in [2.24, 2.45) is 0 Å². The maximum Gasteiger partial charge on any atom is 0.335 e. The van der Waals surface area contributed by atoms with Gasteiger partial charge < -0.3 is 64.9 Å². The minimum atomic E-state index is -1.97. The van der Waals surface area contributed by atoms with Crippen molar-refractivity contribution in [2.75, 3.05) is 18.1 Å². The Morgan fingerprint density at radius 1 is 0.776 bits per heavy atom. The molecule has 0 bridgehead atoms. The highest BCUT2D eigenvalue weighted by Crippen LogP contribution is 2.45. The van der Waals surface area contributed by atoms with Crippen molar-refractivity contribution in [1.29, 1.82) is 0 Å². The number of amides is 1. The van der Waals surface area contributed by atoms with Crippen LogP contribution in [0.2, 0.25) is 0 Å². The molecule has 16 nitrogen and oxygen atoms in total. The highest BCUT2D eigenvalue weighted by Gasteiger charge is 2.52. The fourth-order valence-electron chi connectivity index (χ4n) is 7.43. The van der Waals surface area contributed by atoms with Gasteiger partial charge in [-0.3, -0.25) is 9.69 Å². The van der Waals surface area contributed by atoms with E-state index in [0.717, 1.165) is 12.1 Å². The molecule has 9 N–H and O–H groups in total. The molecule has 0 spiro atoms. The van der Waals surface area contributed by atoms with Gasteiger partial charge in [0, 0.05) is 11.3 Å². The molecule has 17 heteroatoms. The van der Waals surface area contributed by atoms with Gasteiger partial charge in [-0.1, -0.05) is 66.7 Å². The summed E-state index contributed by atoms with van der Waals surface area (Å²) in [5.74, 6) is -2.89. The van der Waals surface area contributed by atoms with E-state index in [1.807, 2.05) is 0 Å². The molecular weight excluding hydrogens is 765 g/mol. The summed E-state index contributed by atoms with van der Waals surface area (Å²) in [6.07, 6.45) is -18.7. The van der Waals surface area contributed by atoms with Gasteiger partial charge in [0.2, 0.25) is 0 Å². The first-order chi connectivity index (χ1) is 27.8. The Morgan fingerprint density at radius 2 is 1.43 bits per heavy atom. The van der Waals surface area contributed by atoms with E-state index in [-0.39, 0.29) is 11.3 Å². The number of ether oxygens (including phenoxy) is 4. The number of carboxylic acid groups (broad SMARTS) is 1. The number of carboxylic acids is 1. The number of hydrogen-bond acceptors (Lipinski definition) is 14. The quantitative estimate of drug-likeness (QED) is 0.0900. The molecule has 0 radical (unpaired) electrons. The van der Waals surface area contributed by atoms with Crippen molar-refractivity contribution in [1.82, 2.24) is 0 Å². The zero-order chi connectivity index (χ0) is 41.4. The molecule has 0 aromatic heterocycles. The summed E-state index contributed by atoms with van der Waals surface area (Å²) in [6, 6.07) is 24.2. The Labute approximate surface area is 330 Å². The number of para-hydroxylation sites is 1. The molecule has 3 aliphatic rings. The third kappa shape index (κ3) is 7.94. The third-order valence-electron chi connectivity index (χ3n) is 10.7. The van der Waals surface area contributed by atoms with Crippen LogP contribution in [0.3, 0.4) is 0 Å². The van der Waals surface area contributed by atoms with E-state index in [1.165, 1.54) is 23.1 Å². The summed E-state index contributed by atoms with van der Waals surface area (Å²) in [7, 11) is 0. The van der Waals surface area contributed by atoms with Gasteiger partial charge in [-0.2, -0.15) is 0 Å². The summed E-state index contributed by atoms with van der Waals surface area (Å²) in [5, 5.41) is 92.7. The van der Waals surface area contributed by atoms with E-state index >= 15 is 0 Å². The van der Waals surface area contributed by atoms with Crippen molar-refractivity contribution in [3.8, 4) is 16.9 Å². The normalized spacial score (nSPS) is 31.7. The second-order valence-electron chi connectivity index (χ2n) is 14.3. The first kappa shape index (κ1) is 41.3. The average molecular weight is 808 g/mol. The lowest BCUT2D eigenvalue weighted by atomic mass is 9.87. The van der Waals surface area contributed by atoms with Crippen molar-refractivity contribution >= 4 is 17.6 Å². The minimum Gasteiger partial charge on any atom is -0.508 e. The van der Waals surface area contributed by atoms with Crippen LogP contribution in [0.15, 0.2) is 97.1 Å². The molecule has 4 aromatic rings. The fraction of sp³-hybridized carbons (Fsp3) is 0.366. The lowest BCUT2D eigenvalue weighted by Gasteiger charge is -2.47. The first-order valence-corrected chi connectivity index (χ1v) is 18.4. The molecule has 4 aromatic carbocycles. The number of hydrogen-bond donors (Lipinski definition) is 9. The van der Waals surface area contributed by atoms with E-state index in [4.69, 9.17) is 18.9 Å². The largest absolute Gasteiger partial charge is 0.508 e. The van der Waals surface area contributed by atoms with Gasteiger partial charge in [0.15, 0.2) is 18.5 Å². The van der Waals surface area contributed by atoms with Crippen LogP contribution in [0, 0.1) is 5.82 Å². The Hall–Kier alpha value is -4.89. The Morgan fingerprint density at radius 3 is 2.07 bits per heavy atom. The standard InChI is InChI=1S/C41H42FNO15/c42-23-13-10-20(11-14-23)28(57-41-35(51)32(48)34(50)38(58-41)40(53)54)18-55-37-29(43(39(37)52)24-4-2-1-3-5-24)25-15-12-22(16-26(25)45)19-6-8-21(9-7-19)36-33(49)31(47)30(46)27(17-44)56-36/h1-16,27-38,41,44-51H,17-18H2,(H,53,54)/t27-,28+,29-,30-,31+,32+,33-,34+,35?,36?,37-,38?,41-/m1/s1. The molecule has 3 fully saturated rings. The molecule has 3 unspecified atom stereocenters. The van der Waals surface area contributed by atoms with Crippen LogP contribution in [0.4, 0.5) is 10.1 Å². The van der Waals surface area contributed by atoms with Gasteiger partial charge >= 0.3 is 5.97 Å². The number of carbonyl (C=O) groups is 2. The van der Waals surface area contributed by atoms with Crippen LogP contribution in [0.1, 0.15) is 34.9 Å². The summed E-state index contributed by atoms with van der Waals surface area (Å²) in [6.45, 7) is -1.01. The number of rotatable bonds is 12. The van der Waals surface area contributed by atoms with Gasteiger partial charge in [-0.25, -0.2) is 9.18 Å². The second-order valence-corrected chi connectivity index (χ2v) is 14.3. The fourth-order valence-corrected chi connectivity index (χ4v) is 7.43. The number of aliphatic carboxylic acids is 1. The maximum absolute atomic E-state index is 13.9. The number of phenols is 1. The predicted octanol–water partition coefficient (Wildman–Crippen LogP) is 0.836. The van der Waals surface area contributed by atoms with Gasteiger partial charge in [0.05, 0.1) is 13.2 Å². The van der Waals surface area contributed by atoms with E-state index in [2.05, 4.69) is 0 Å². The highest BCUT2D eigenvalue weighted by atomic mass is 19.1. The molecule has 0 saturated carbocycles. The second kappa shape index (κ2) is 17.1. The number of aliphatic hydroxyl groups is 7. The molecular formula is C41H42FNO15. The molecule has 13 atom stereocenters. The number of anilines is 1. The molecule has 3 saturated heterocycles. The van der Waals surface area contributed by atoms with Gasteiger partial charge in [-0.05, 0) is 52.6 Å². The topological polar surface area (TPSA) is 256 Å². The molecule has 1 amide bonds. The van der Waals surface area contributed by atoms with Crippen LogP contribution < -0.4 is 4.90 Å². The zero-order valence-electron chi connectivity index (χ0n) is 30.5. The number of carbonyl (C=O) groups excluding carboxylic acids is 1. The summed E-state index contributed by atoms with van der Waals surface area (Å²) < 4.78 is 37.0. The maximum atomic E-state index is 13.9. The summed E-state index contributed by atoms with van der Waals surface area (Å²) in [5.41, 5.74) is 2.76. The monoisotopic (exact) mass is 807 g/mol. The Bertz CT molecular complexity index is 2050. The van der Waals surface area contributed by atoms with Crippen LogP contribution >= 0.6 is 0 Å². The van der Waals surface area contributed by atoms with Crippen molar-refractivity contribution in [3.63, 3.8) is 0 Å². The SMILES string of the molecule is O=C(O)C1O[C@@H](O[C@@H](CO[C@H]2C(=O)N(c3ccccc3)[C@@H]2c2ccc(-c3ccc(C4O[C@H](CO)[C@@H](O)[C@H](O)[C@H]4O)cc3)cc2O)c2ccc(F)cc2)C(O)[C@@H](O)[C@@H]1O. The molecule has 58 heavy (non-hydrogen) atoms. The molecule has 0 aliphatic carbocycles. The minimum absolute atomic E-state index is 0.195. The molecule has 308 valence electrons. The van der Waals surface area contributed by atoms with Crippen LogP contribution in [0.5, 0.6) is 5.75 Å². The van der Waals surface area contributed by atoms with E-state index in [9.17, 15) is 59.9 Å². The lowest BCUT2D eigenvalue weighted by molar-refractivity contribution is -0.309. The number of phenolic OH excluding ortho intramolecular Hbond substituents is 1. The smallest absolute Gasteiger partial charge is 0.335 e. The van der Waals surface area contributed by atoms with Gasteiger partial charge in [-0.15, -0.1) is 0 Å². The predicted molar refractivity (Wildman–Crippen MR) is 197 cm³/mol. The number of benzene rings is 4. The number of aliphatic hydroxyl groups excluding tert-OH is 7. The van der Waals surface area contributed by atoms with Crippen molar-refractivity contribution < 1.29 is 78.9 Å². The first-order valence-electron chi connectivity index (χ1n) is 18.4. The molecule has 3 heterocycles. The number of β-lactam (4-membered cyclic amide) rings is 1. The average Bonchev–Trinajstić information content (AvgIpc) is 3.22. The van der Waals surface area contributed by atoms with Crippen molar-refractivity contribution in [3.05, 3.63) is 120 Å². The van der Waals surface area contributed by atoms with Crippen molar-refractivity contribution in [2.45, 2.75) is 79.5 Å². The van der Waals surface area contributed by atoms with Gasteiger partial charge in [0.1, 0.15) is 72.5 Å². The van der Waals surface area contributed by atoms with E-state index in [0.29, 0.717) is 27.9 Å². The Kier molecular flexibility index (Phi) is 12.2. The number of nitrogens with zero attached hydrogens (tertiary/aromatic N) is 1. The van der Waals surface area contributed by atoms with Crippen LogP contribution in [-0.4, -0.2) is 132 Å². The van der Waals surface area contributed by atoms with Crippen LogP contribution in [0.25, 0.3) is 11.1 Å². The highest BCUT2D eigenvalue weighted by molar-refractivity contribution is 6.05. The van der Waals surface area contributed by atoms with Crippen LogP contribution in [-0.2, 0) is 28.5 Å². The zero-order valence-corrected chi connectivity index (χ0v) is 30.5. The van der Waals surface area contributed by atoms with E-state index < -0.39 is 110 Å². The van der Waals surface area contributed by atoms with Gasteiger partial charge in [0.25, 0.3) is 5.91 Å². The van der Waals surface area contributed by atoms with E-state index in [1.54, 1.807) is 66.7 Å². The Balaban J connectivity index is 1.14. The number of aromatic hydroxyl groups is 1. The number of halogens is 1.